The maximum Gasteiger partial charge on any atom is 0.416 e. The van der Waals surface area contributed by atoms with Crippen LogP contribution in [-0.2, 0) is 6.18 Å². The van der Waals surface area contributed by atoms with E-state index in [2.05, 4.69) is 33.9 Å². The number of alkyl halides is 3. The Kier molecular flexibility index (Phi) is 7.50. The Hall–Kier alpha value is -7.64. The molecule has 0 atom stereocenters. The molecule has 266 valence electrons. The average molecular weight is 734 g/mol. The minimum Gasteiger partial charge on any atom is -0.308 e. The van der Waals surface area contributed by atoms with E-state index in [9.17, 15) is 13.2 Å². The van der Waals surface area contributed by atoms with Crippen molar-refractivity contribution in [3.63, 3.8) is 0 Å². The van der Waals surface area contributed by atoms with Crippen molar-refractivity contribution in [2.24, 2.45) is 0 Å². The third-order valence-electron chi connectivity index (χ3n) is 10.2. The second-order valence-corrected chi connectivity index (χ2v) is 13.3. The number of hydrogen-bond donors (Lipinski definition) is 0. The minimum atomic E-state index is -4.66. The standard InChI is InChI=1S/C46H26F3N7/c1-50-37-27-43(56-39-15-7-4-12-32(39)34-19-17-29(25-41(34)56)45-53-22-9-23-54-45)42(26-35(37)30-10-2-5-13-36(30)46(47,48)49)55-38-14-6-3-11-31(38)33-18-16-28(24-40(33)55)44-51-20-8-21-52-44/h2-27H. The first kappa shape index (κ1) is 33.0. The van der Waals surface area contributed by atoms with Gasteiger partial charge in [0.05, 0.1) is 45.6 Å². The number of hydrogen-bond acceptors (Lipinski definition) is 4. The maximum atomic E-state index is 14.7. The van der Waals surface area contributed by atoms with E-state index in [0.717, 1.165) is 60.8 Å². The van der Waals surface area contributed by atoms with Gasteiger partial charge in [0, 0.05) is 57.5 Å². The van der Waals surface area contributed by atoms with Crippen molar-refractivity contribution >= 4 is 49.3 Å². The lowest BCUT2D eigenvalue weighted by molar-refractivity contribution is -0.137. The molecule has 0 saturated carbocycles. The van der Waals surface area contributed by atoms with Gasteiger partial charge in [-0.05, 0) is 65.7 Å². The molecule has 0 fully saturated rings. The molecule has 0 amide bonds. The van der Waals surface area contributed by atoms with Crippen molar-refractivity contribution in [2.75, 3.05) is 0 Å². The Labute approximate surface area is 317 Å². The second kappa shape index (κ2) is 12.7. The summed E-state index contributed by atoms with van der Waals surface area (Å²) in [6, 6.07) is 40.4. The summed E-state index contributed by atoms with van der Waals surface area (Å²) in [4.78, 5) is 21.9. The van der Waals surface area contributed by atoms with Gasteiger partial charge in [0.25, 0.3) is 0 Å². The van der Waals surface area contributed by atoms with Crippen molar-refractivity contribution in [1.29, 1.82) is 0 Å². The quantitative estimate of drug-likeness (QED) is 0.165. The van der Waals surface area contributed by atoms with Gasteiger partial charge < -0.3 is 9.13 Å². The highest BCUT2D eigenvalue weighted by Crippen LogP contribution is 2.46. The lowest BCUT2D eigenvalue weighted by Crippen LogP contribution is -2.08. The van der Waals surface area contributed by atoms with Crippen LogP contribution >= 0.6 is 0 Å². The first-order chi connectivity index (χ1) is 27.4. The molecular formula is C46H26F3N7. The Morgan fingerprint density at radius 1 is 0.464 bits per heavy atom. The van der Waals surface area contributed by atoms with Crippen molar-refractivity contribution in [1.82, 2.24) is 29.1 Å². The Balaban J connectivity index is 1.38. The SMILES string of the molecule is [C-]#[N+]c1cc(-n2c3ccccc3c3ccc(-c4ncccn4)cc32)c(-n2c3ccccc3c3ccc(-c4ncccn4)cc32)cc1-c1ccccc1C(F)(F)F. The van der Waals surface area contributed by atoms with Crippen LogP contribution in [0.3, 0.4) is 0 Å². The van der Waals surface area contributed by atoms with E-state index in [-0.39, 0.29) is 16.8 Å². The predicted octanol–water partition coefficient (Wildman–Crippen LogP) is 12.0. The first-order valence-electron chi connectivity index (χ1n) is 17.7. The highest BCUT2D eigenvalue weighted by Gasteiger charge is 2.34. The van der Waals surface area contributed by atoms with Crippen LogP contribution in [0.2, 0.25) is 0 Å². The van der Waals surface area contributed by atoms with Gasteiger partial charge >= 0.3 is 6.18 Å². The molecule has 10 rings (SSSR count). The van der Waals surface area contributed by atoms with E-state index in [4.69, 9.17) is 6.57 Å². The molecule has 7 nitrogen and oxygen atoms in total. The van der Waals surface area contributed by atoms with Gasteiger partial charge in [0.2, 0.25) is 0 Å². The van der Waals surface area contributed by atoms with Gasteiger partial charge in [-0.15, -0.1) is 0 Å². The molecule has 10 aromatic rings. The van der Waals surface area contributed by atoms with E-state index in [0.29, 0.717) is 23.0 Å². The fraction of sp³-hybridized carbons (Fsp3) is 0.0217. The van der Waals surface area contributed by atoms with E-state index in [1.165, 1.54) is 12.1 Å². The van der Waals surface area contributed by atoms with E-state index < -0.39 is 11.7 Å². The monoisotopic (exact) mass is 733 g/mol. The van der Waals surface area contributed by atoms with E-state index in [1.807, 2.05) is 84.9 Å². The summed E-state index contributed by atoms with van der Waals surface area (Å²) in [7, 11) is 0. The minimum absolute atomic E-state index is 0.0769. The summed E-state index contributed by atoms with van der Waals surface area (Å²) < 4.78 is 48.2. The number of para-hydroxylation sites is 2. The van der Waals surface area contributed by atoms with Crippen LogP contribution in [0.15, 0.2) is 158 Å². The highest BCUT2D eigenvalue weighted by molar-refractivity contribution is 6.13. The summed E-state index contributed by atoms with van der Waals surface area (Å²) in [5.74, 6) is 1.08. The summed E-state index contributed by atoms with van der Waals surface area (Å²) in [6.07, 6.45) is 2.09. The number of rotatable bonds is 5. The number of aromatic nitrogens is 6. The molecule has 10 heteroatoms. The predicted molar refractivity (Wildman–Crippen MR) is 214 cm³/mol. The average Bonchev–Trinajstić information content (AvgIpc) is 3.75. The molecule has 0 N–H and O–H groups in total. The summed E-state index contributed by atoms with van der Waals surface area (Å²) >= 11 is 0. The highest BCUT2D eigenvalue weighted by atomic mass is 19.4. The van der Waals surface area contributed by atoms with Crippen molar-refractivity contribution in [2.45, 2.75) is 6.18 Å². The van der Waals surface area contributed by atoms with Gasteiger partial charge in [-0.3, -0.25) is 0 Å². The van der Waals surface area contributed by atoms with Crippen LogP contribution in [0.1, 0.15) is 5.56 Å². The second-order valence-electron chi connectivity index (χ2n) is 13.3. The fourth-order valence-corrected chi connectivity index (χ4v) is 7.83. The van der Waals surface area contributed by atoms with Gasteiger partial charge in [-0.2, -0.15) is 13.2 Å². The molecule has 0 spiro atoms. The molecule has 0 aliphatic rings. The number of halogens is 3. The molecule has 0 aliphatic carbocycles. The van der Waals surface area contributed by atoms with Crippen molar-refractivity contribution in [3.8, 4) is 45.3 Å². The first-order valence-corrected chi connectivity index (χ1v) is 17.7. The zero-order chi connectivity index (χ0) is 38.0. The van der Waals surface area contributed by atoms with Crippen LogP contribution in [0.5, 0.6) is 0 Å². The summed E-state index contributed by atoms with van der Waals surface area (Å²) in [5.41, 5.74) is 5.37. The van der Waals surface area contributed by atoms with Crippen molar-refractivity contribution in [3.05, 3.63) is 175 Å². The van der Waals surface area contributed by atoms with Gasteiger partial charge in [-0.1, -0.05) is 78.9 Å². The van der Waals surface area contributed by atoms with Crippen molar-refractivity contribution < 1.29 is 13.2 Å². The van der Waals surface area contributed by atoms with Crippen LogP contribution in [0.4, 0.5) is 18.9 Å². The maximum absolute atomic E-state index is 14.7. The molecule has 0 saturated heterocycles. The lowest BCUT2D eigenvalue weighted by Gasteiger charge is -2.21. The third-order valence-corrected chi connectivity index (χ3v) is 10.2. The molecule has 4 heterocycles. The lowest BCUT2D eigenvalue weighted by atomic mass is 9.96. The zero-order valence-electron chi connectivity index (χ0n) is 29.3. The largest absolute Gasteiger partial charge is 0.416 e. The molecule has 0 unspecified atom stereocenters. The molecule has 0 radical (unpaired) electrons. The Morgan fingerprint density at radius 2 is 0.929 bits per heavy atom. The zero-order valence-corrected chi connectivity index (χ0v) is 29.3. The third kappa shape index (κ3) is 5.21. The number of nitrogens with zero attached hydrogens (tertiary/aromatic N) is 7. The van der Waals surface area contributed by atoms with Crippen LogP contribution in [0.25, 0.3) is 93.7 Å². The van der Waals surface area contributed by atoms with E-state index >= 15 is 0 Å². The van der Waals surface area contributed by atoms with E-state index in [1.54, 1.807) is 55.1 Å². The fourth-order valence-electron chi connectivity index (χ4n) is 7.83. The van der Waals surface area contributed by atoms with Gasteiger partial charge in [-0.25, -0.2) is 24.8 Å². The molecule has 0 aliphatic heterocycles. The smallest absolute Gasteiger partial charge is 0.308 e. The van der Waals surface area contributed by atoms with Gasteiger partial charge in [0.1, 0.15) is 0 Å². The van der Waals surface area contributed by atoms with Crippen LogP contribution in [-0.4, -0.2) is 29.1 Å². The van der Waals surface area contributed by atoms with Crippen LogP contribution in [0, 0.1) is 6.57 Å². The summed E-state index contributed by atoms with van der Waals surface area (Å²) in [5, 5.41) is 3.80. The normalized spacial score (nSPS) is 11.8. The number of fused-ring (bicyclic) bond motifs is 6. The Bertz CT molecular complexity index is 3200. The topological polar surface area (TPSA) is 65.8 Å². The molecular weight excluding hydrogens is 708 g/mol. The summed E-state index contributed by atoms with van der Waals surface area (Å²) in [6.45, 7) is 8.38. The Morgan fingerprint density at radius 3 is 1.45 bits per heavy atom. The molecule has 4 aromatic heterocycles. The molecule has 6 aromatic carbocycles. The number of benzene rings is 6. The van der Waals surface area contributed by atoms with Gasteiger partial charge in [0.15, 0.2) is 17.3 Å². The van der Waals surface area contributed by atoms with Crippen LogP contribution < -0.4 is 0 Å². The molecule has 0 bridgehead atoms. The molecule has 56 heavy (non-hydrogen) atoms.